The summed E-state index contributed by atoms with van der Waals surface area (Å²) in [6.07, 6.45) is 0.944. The van der Waals surface area contributed by atoms with Gasteiger partial charge in [-0.2, -0.15) is 0 Å². The van der Waals surface area contributed by atoms with Crippen molar-refractivity contribution in [3.05, 3.63) is 70.3 Å². The number of amides is 1. The second-order valence-corrected chi connectivity index (χ2v) is 6.65. The van der Waals surface area contributed by atoms with Crippen LogP contribution in [-0.4, -0.2) is 32.0 Å². The van der Waals surface area contributed by atoms with Gasteiger partial charge in [-0.05, 0) is 50.5 Å². The average Bonchev–Trinajstić information content (AvgIpc) is 2.65. The predicted molar refractivity (Wildman–Crippen MR) is 128 cm³/mol. The van der Waals surface area contributed by atoms with Crippen LogP contribution in [0.1, 0.15) is 39.5 Å². The summed E-state index contributed by atoms with van der Waals surface area (Å²) in [6.45, 7) is 8.43. The van der Waals surface area contributed by atoms with Crippen molar-refractivity contribution in [1.29, 1.82) is 0 Å². The van der Waals surface area contributed by atoms with Crippen LogP contribution in [0.4, 0.5) is 0 Å². The average molecular weight is 494 g/mol. The number of benzene rings is 2. The number of nitrogens with zero attached hydrogens (tertiary/aromatic N) is 1. The number of aliphatic imine (C=N–C) groups is 1. The van der Waals surface area contributed by atoms with Crippen LogP contribution in [0.2, 0.25) is 0 Å². The van der Waals surface area contributed by atoms with Crippen LogP contribution in [0.3, 0.4) is 0 Å². The third-order valence-corrected chi connectivity index (χ3v) is 4.17. The molecule has 0 saturated heterocycles. The zero-order chi connectivity index (χ0) is 19.6. The molecule has 0 radical (unpaired) electrons. The van der Waals surface area contributed by atoms with Gasteiger partial charge in [-0.25, -0.2) is 4.99 Å². The molecule has 0 aliphatic heterocycles. The van der Waals surface area contributed by atoms with Gasteiger partial charge in [0.25, 0.3) is 5.91 Å². The van der Waals surface area contributed by atoms with E-state index in [9.17, 15) is 4.79 Å². The van der Waals surface area contributed by atoms with Gasteiger partial charge in [0.05, 0.1) is 6.54 Å². The summed E-state index contributed by atoms with van der Waals surface area (Å²) in [5, 5.41) is 9.30. The van der Waals surface area contributed by atoms with Crippen LogP contribution >= 0.6 is 24.0 Å². The van der Waals surface area contributed by atoms with Crippen molar-refractivity contribution in [3.63, 3.8) is 0 Å². The zero-order valence-electron chi connectivity index (χ0n) is 17.1. The summed E-state index contributed by atoms with van der Waals surface area (Å²) in [4.78, 5) is 16.4. The standard InChI is InChI=1S/C22H30N4O.HI/c1-5-24-22(25-10-9-18-12-16(2)11-17(3)13-18)26-15-19-7-6-8-20(14-19)21(27)23-4;/h6-8,11-14H,5,9-10,15H2,1-4H3,(H,23,27)(H2,24,25,26);1H. The minimum atomic E-state index is -0.0840. The molecule has 0 fully saturated rings. The smallest absolute Gasteiger partial charge is 0.251 e. The second kappa shape index (κ2) is 12.4. The highest BCUT2D eigenvalue weighted by atomic mass is 127. The monoisotopic (exact) mass is 494 g/mol. The molecule has 28 heavy (non-hydrogen) atoms. The van der Waals surface area contributed by atoms with E-state index in [0.29, 0.717) is 12.1 Å². The van der Waals surface area contributed by atoms with Gasteiger partial charge >= 0.3 is 0 Å². The van der Waals surface area contributed by atoms with Crippen LogP contribution in [-0.2, 0) is 13.0 Å². The molecule has 152 valence electrons. The molecular weight excluding hydrogens is 463 g/mol. The highest BCUT2D eigenvalue weighted by Gasteiger charge is 2.04. The largest absolute Gasteiger partial charge is 0.357 e. The Bertz CT molecular complexity index is 785. The maximum Gasteiger partial charge on any atom is 0.251 e. The first-order valence-corrected chi connectivity index (χ1v) is 9.42. The first-order chi connectivity index (χ1) is 13.0. The molecular formula is C22H31IN4O. The number of nitrogens with one attached hydrogen (secondary N) is 3. The van der Waals surface area contributed by atoms with Gasteiger partial charge in [-0.15, -0.1) is 24.0 Å². The number of hydrogen-bond donors (Lipinski definition) is 3. The van der Waals surface area contributed by atoms with Gasteiger partial charge in [-0.3, -0.25) is 4.79 Å². The normalized spacial score (nSPS) is 10.8. The highest BCUT2D eigenvalue weighted by molar-refractivity contribution is 14.0. The minimum Gasteiger partial charge on any atom is -0.357 e. The summed E-state index contributed by atoms with van der Waals surface area (Å²) in [5.74, 6) is 0.700. The summed E-state index contributed by atoms with van der Waals surface area (Å²) >= 11 is 0. The minimum absolute atomic E-state index is 0. The van der Waals surface area contributed by atoms with Gasteiger partial charge < -0.3 is 16.0 Å². The molecule has 1 amide bonds. The summed E-state index contributed by atoms with van der Waals surface area (Å²) < 4.78 is 0. The van der Waals surface area contributed by atoms with Crippen LogP contribution in [0, 0.1) is 13.8 Å². The lowest BCUT2D eigenvalue weighted by atomic mass is 10.1. The van der Waals surface area contributed by atoms with E-state index in [-0.39, 0.29) is 29.9 Å². The van der Waals surface area contributed by atoms with E-state index in [4.69, 9.17) is 0 Å². The molecule has 3 N–H and O–H groups in total. The molecule has 0 saturated carbocycles. The lowest BCUT2D eigenvalue weighted by Crippen LogP contribution is -2.38. The molecule has 0 unspecified atom stereocenters. The number of rotatable bonds is 7. The molecule has 0 aliphatic carbocycles. The van der Waals surface area contributed by atoms with Gasteiger partial charge in [0.2, 0.25) is 0 Å². The SMILES string of the molecule is CCNC(=NCc1cccc(C(=O)NC)c1)NCCc1cc(C)cc(C)c1.I. The lowest BCUT2D eigenvalue weighted by molar-refractivity contribution is 0.0963. The Balaban J connectivity index is 0.00000392. The Morgan fingerprint density at radius 1 is 1.00 bits per heavy atom. The van der Waals surface area contributed by atoms with Crippen molar-refractivity contribution in [2.24, 2.45) is 4.99 Å². The lowest BCUT2D eigenvalue weighted by Gasteiger charge is -2.12. The first-order valence-electron chi connectivity index (χ1n) is 9.42. The number of aryl methyl sites for hydroxylation is 2. The summed E-state index contributed by atoms with van der Waals surface area (Å²) in [5.41, 5.74) is 5.57. The Hall–Kier alpha value is -2.09. The molecule has 2 rings (SSSR count). The molecule has 2 aromatic rings. The third-order valence-electron chi connectivity index (χ3n) is 4.17. The molecule has 0 spiro atoms. The fourth-order valence-electron chi connectivity index (χ4n) is 3.01. The van der Waals surface area contributed by atoms with Crippen molar-refractivity contribution in [3.8, 4) is 0 Å². The second-order valence-electron chi connectivity index (χ2n) is 6.65. The van der Waals surface area contributed by atoms with Gasteiger partial charge in [-0.1, -0.05) is 41.5 Å². The number of halogens is 1. The van der Waals surface area contributed by atoms with E-state index in [1.54, 1.807) is 13.1 Å². The van der Waals surface area contributed by atoms with Gasteiger partial charge in [0.15, 0.2) is 5.96 Å². The van der Waals surface area contributed by atoms with Crippen molar-refractivity contribution in [2.45, 2.75) is 33.7 Å². The Morgan fingerprint density at radius 2 is 1.71 bits per heavy atom. The van der Waals surface area contributed by atoms with E-state index < -0.39 is 0 Å². The summed E-state index contributed by atoms with van der Waals surface area (Å²) in [7, 11) is 1.63. The predicted octanol–water partition coefficient (Wildman–Crippen LogP) is 3.58. The topological polar surface area (TPSA) is 65.5 Å². The van der Waals surface area contributed by atoms with Crippen molar-refractivity contribution in [2.75, 3.05) is 20.1 Å². The maximum atomic E-state index is 11.8. The Labute approximate surface area is 185 Å². The zero-order valence-corrected chi connectivity index (χ0v) is 19.5. The molecule has 0 atom stereocenters. The highest BCUT2D eigenvalue weighted by Crippen LogP contribution is 2.09. The van der Waals surface area contributed by atoms with E-state index in [1.165, 1.54) is 16.7 Å². The van der Waals surface area contributed by atoms with E-state index >= 15 is 0 Å². The van der Waals surface area contributed by atoms with Crippen molar-refractivity contribution < 1.29 is 4.79 Å². The number of carbonyl (C=O) groups is 1. The first kappa shape index (κ1) is 23.9. The third kappa shape index (κ3) is 7.88. The van der Waals surface area contributed by atoms with Gasteiger partial charge in [0, 0.05) is 25.7 Å². The molecule has 0 heterocycles. The van der Waals surface area contributed by atoms with Crippen molar-refractivity contribution in [1.82, 2.24) is 16.0 Å². The Morgan fingerprint density at radius 3 is 2.36 bits per heavy atom. The van der Waals surface area contributed by atoms with Gasteiger partial charge in [0.1, 0.15) is 0 Å². The number of hydrogen-bond acceptors (Lipinski definition) is 2. The van der Waals surface area contributed by atoms with Crippen LogP contribution in [0.5, 0.6) is 0 Å². The maximum absolute atomic E-state index is 11.8. The quantitative estimate of drug-likeness (QED) is 0.313. The molecule has 2 aromatic carbocycles. The number of guanidine groups is 1. The fraction of sp³-hybridized carbons (Fsp3) is 0.364. The molecule has 5 nitrogen and oxygen atoms in total. The van der Waals surface area contributed by atoms with Crippen LogP contribution in [0.15, 0.2) is 47.5 Å². The van der Waals surface area contributed by atoms with E-state index in [2.05, 4.69) is 53.0 Å². The number of carbonyl (C=O) groups excluding carboxylic acids is 1. The molecule has 6 heteroatoms. The molecule has 0 aromatic heterocycles. The van der Waals surface area contributed by atoms with E-state index in [1.807, 2.05) is 25.1 Å². The van der Waals surface area contributed by atoms with Crippen molar-refractivity contribution >= 4 is 35.8 Å². The van der Waals surface area contributed by atoms with Crippen LogP contribution in [0.25, 0.3) is 0 Å². The van der Waals surface area contributed by atoms with E-state index in [0.717, 1.165) is 31.0 Å². The van der Waals surface area contributed by atoms with Crippen LogP contribution < -0.4 is 16.0 Å². The molecule has 0 aliphatic rings. The summed E-state index contributed by atoms with van der Waals surface area (Å²) in [6, 6.07) is 14.2. The molecule has 0 bridgehead atoms. The Kier molecular flexibility index (Phi) is 10.6. The fourth-order valence-corrected chi connectivity index (χ4v) is 3.01.